The van der Waals surface area contributed by atoms with Gasteiger partial charge in [-0.3, -0.25) is 9.36 Å². The molecular weight excluding hydrogens is 356 g/mol. The third-order valence-electron chi connectivity index (χ3n) is 3.71. The van der Waals surface area contributed by atoms with Crippen molar-refractivity contribution in [2.45, 2.75) is 11.8 Å². The van der Waals surface area contributed by atoms with Gasteiger partial charge in [-0.1, -0.05) is 17.7 Å². The Morgan fingerprint density at radius 1 is 1.19 bits per heavy atom. The molecule has 0 atom stereocenters. The van der Waals surface area contributed by atoms with Crippen LogP contribution in [-0.4, -0.2) is 52.3 Å². The van der Waals surface area contributed by atoms with E-state index in [9.17, 15) is 13.2 Å². The minimum absolute atomic E-state index is 0.0352. The first-order chi connectivity index (χ1) is 12.2. The van der Waals surface area contributed by atoms with Gasteiger partial charge in [0.1, 0.15) is 6.33 Å². The van der Waals surface area contributed by atoms with Crippen LogP contribution in [0.3, 0.4) is 0 Å². The standard InChI is InChI=1S/C16H18N6O3S/c1-11-5-7-12(8-6-11)26(24,25)22-10-17-13-14(22)19-16(18-9-20(2)3)21(4)15(13)23/h5-10H,1-4H3/b18-9+. The molecule has 0 N–H and O–H groups in total. The van der Waals surface area contributed by atoms with Crippen molar-refractivity contribution in [1.82, 2.24) is 23.4 Å². The van der Waals surface area contributed by atoms with Crippen molar-refractivity contribution in [2.24, 2.45) is 12.0 Å². The number of benzene rings is 1. The van der Waals surface area contributed by atoms with Gasteiger partial charge in [0, 0.05) is 21.1 Å². The minimum Gasteiger partial charge on any atom is -0.369 e. The molecule has 1 aromatic carbocycles. The summed E-state index contributed by atoms with van der Waals surface area (Å²) in [5.74, 6) is 0.0806. The monoisotopic (exact) mass is 374 g/mol. The van der Waals surface area contributed by atoms with E-state index in [1.165, 1.54) is 30.1 Å². The van der Waals surface area contributed by atoms with Gasteiger partial charge < -0.3 is 4.90 Å². The third-order valence-corrected chi connectivity index (χ3v) is 5.36. The van der Waals surface area contributed by atoms with E-state index < -0.39 is 15.6 Å². The number of rotatable bonds is 4. The van der Waals surface area contributed by atoms with Crippen LogP contribution in [0.15, 0.2) is 45.3 Å². The lowest BCUT2D eigenvalue weighted by Gasteiger charge is -2.08. The normalized spacial score (nSPS) is 12.2. The maximum atomic E-state index is 12.9. The van der Waals surface area contributed by atoms with E-state index in [-0.39, 0.29) is 22.0 Å². The van der Waals surface area contributed by atoms with E-state index in [2.05, 4.69) is 15.0 Å². The predicted molar refractivity (Wildman–Crippen MR) is 98.4 cm³/mol. The average molecular weight is 374 g/mol. The van der Waals surface area contributed by atoms with Crippen molar-refractivity contribution in [3.63, 3.8) is 0 Å². The number of aryl methyl sites for hydroxylation is 1. The van der Waals surface area contributed by atoms with Gasteiger partial charge in [-0.05, 0) is 19.1 Å². The minimum atomic E-state index is -3.94. The summed E-state index contributed by atoms with van der Waals surface area (Å²) < 4.78 is 28.0. The van der Waals surface area contributed by atoms with E-state index in [1.54, 1.807) is 31.1 Å². The maximum Gasteiger partial charge on any atom is 0.282 e. The highest BCUT2D eigenvalue weighted by Crippen LogP contribution is 2.19. The molecule has 3 rings (SSSR count). The first-order valence-corrected chi connectivity index (χ1v) is 9.13. The highest BCUT2D eigenvalue weighted by atomic mass is 32.2. The lowest BCUT2D eigenvalue weighted by atomic mass is 10.2. The molecule has 0 amide bonds. The topological polar surface area (TPSA) is 102 Å². The third kappa shape index (κ3) is 2.99. The zero-order chi connectivity index (χ0) is 19.1. The molecule has 2 aromatic heterocycles. The summed E-state index contributed by atoms with van der Waals surface area (Å²) >= 11 is 0. The molecule has 10 heteroatoms. The number of hydrogen-bond acceptors (Lipinski definition) is 6. The van der Waals surface area contributed by atoms with Crippen LogP contribution in [0.2, 0.25) is 0 Å². The van der Waals surface area contributed by atoms with E-state index in [4.69, 9.17) is 0 Å². The number of nitrogens with zero attached hydrogens (tertiary/aromatic N) is 6. The summed E-state index contributed by atoms with van der Waals surface area (Å²) in [5.41, 5.74) is 0.372. The molecule has 0 aliphatic heterocycles. The molecule has 0 saturated carbocycles. The van der Waals surface area contributed by atoms with Gasteiger partial charge in [-0.25, -0.2) is 22.4 Å². The molecule has 3 aromatic rings. The largest absolute Gasteiger partial charge is 0.369 e. The van der Waals surface area contributed by atoms with Crippen molar-refractivity contribution in [3.05, 3.63) is 46.5 Å². The number of hydrogen-bond donors (Lipinski definition) is 0. The lowest BCUT2D eigenvalue weighted by molar-refractivity contribution is 0.588. The van der Waals surface area contributed by atoms with Crippen LogP contribution in [-0.2, 0) is 17.1 Å². The highest BCUT2D eigenvalue weighted by molar-refractivity contribution is 7.90. The van der Waals surface area contributed by atoms with E-state index in [1.807, 2.05) is 6.92 Å². The van der Waals surface area contributed by atoms with Crippen molar-refractivity contribution in [2.75, 3.05) is 14.1 Å². The Bertz CT molecular complexity index is 1160. The second-order valence-electron chi connectivity index (χ2n) is 6.01. The smallest absolute Gasteiger partial charge is 0.282 e. The van der Waals surface area contributed by atoms with Gasteiger partial charge in [0.25, 0.3) is 15.6 Å². The number of aliphatic imine (C=N–C) groups is 1. The molecule has 0 aliphatic carbocycles. The molecular formula is C16H18N6O3S. The molecule has 0 unspecified atom stereocenters. The van der Waals surface area contributed by atoms with Gasteiger partial charge in [-0.15, -0.1) is 0 Å². The van der Waals surface area contributed by atoms with Crippen molar-refractivity contribution in [1.29, 1.82) is 0 Å². The van der Waals surface area contributed by atoms with E-state index >= 15 is 0 Å². The molecule has 0 bridgehead atoms. The molecule has 0 fully saturated rings. The Labute approximate surface area is 150 Å². The first kappa shape index (κ1) is 17.8. The predicted octanol–water partition coefficient (Wildman–Crippen LogP) is 0.897. The summed E-state index contributed by atoms with van der Waals surface area (Å²) in [6, 6.07) is 6.40. The fraction of sp³-hybridized carbons (Fsp3) is 0.250. The first-order valence-electron chi connectivity index (χ1n) is 7.69. The SMILES string of the molecule is Cc1ccc(S(=O)(=O)n2cnc3c(=O)n(C)c(/N=C/N(C)C)nc32)cc1. The summed E-state index contributed by atoms with van der Waals surface area (Å²) in [6.45, 7) is 1.86. The van der Waals surface area contributed by atoms with Crippen LogP contribution < -0.4 is 5.56 Å². The second kappa shape index (κ2) is 6.37. The Kier molecular flexibility index (Phi) is 4.36. The average Bonchev–Trinajstić information content (AvgIpc) is 3.02. The van der Waals surface area contributed by atoms with Crippen LogP contribution in [0.4, 0.5) is 5.95 Å². The molecule has 26 heavy (non-hydrogen) atoms. The quantitative estimate of drug-likeness (QED) is 0.496. The van der Waals surface area contributed by atoms with Crippen LogP contribution in [0.5, 0.6) is 0 Å². The Balaban J connectivity index is 2.25. The second-order valence-corrected chi connectivity index (χ2v) is 7.83. The molecule has 136 valence electrons. The van der Waals surface area contributed by atoms with Gasteiger partial charge >= 0.3 is 0 Å². The number of fused-ring (bicyclic) bond motifs is 1. The number of imidazole rings is 1. The molecule has 0 saturated heterocycles. The Morgan fingerprint density at radius 3 is 2.46 bits per heavy atom. The molecule has 0 aliphatic rings. The Morgan fingerprint density at radius 2 is 1.85 bits per heavy atom. The van der Waals surface area contributed by atoms with Gasteiger partial charge in [-0.2, -0.15) is 4.98 Å². The van der Waals surface area contributed by atoms with Crippen molar-refractivity contribution >= 4 is 33.5 Å². The summed E-state index contributed by atoms with van der Waals surface area (Å²) in [7, 11) is 1.11. The van der Waals surface area contributed by atoms with E-state index in [0.29, 0.717) is 0 Å². The molecule has 0 radical (unpaired) electrons. The van der Waals surface area contributed by atoms with E-state index in [0.717, 1.165) is 15.9 Å². The summed E-state index contributed by atoms with van der Waals surface area (Å²) in [4.78, 5) is 26.6. The maximum absolute atomic E-state index is 12.9. The summed E-state index contributed by atoms with van der Waals surface area (Å²) in [6.07, 6.45) is 2.57. The molecule has 9 nitrogen and oxygen atoms in total. The van der Waals surface area contributed by atoms with Crippen LogP contribution in [0, 0.1) is 6.92 Å². The van der Waals surface area contributed by atoms with Crippen LogP contribution >= 0.6 is 0 Å². The fourth-order valence-electron chi connectivity index (χ4n) is 2.28. The zero-order valence-electron chi connectivity index (χ0n) is 14.8. The zero-order valence-corrected chi connectivity index (χ0v) is 15.6. The highest BCUT2D eigenvalue weighted by Gasteiger charge is 2.23. The molecule has 0 spiro atoms. The number of aromatic nitrogens is 4. The molecule has 2 heterocycles. The van der Waals surface area contributed by atoms with Gasteiger partial charge in [0.15, 0.2) is 11.2 Å². The van der Waals surface area contributed by atoms with Gasteiger partial charge in [0.2, 0.25) is 5.95 Å². The fourth-order valence-corrected chi connectivity index (χ4v) is 3.52. The summed E-state index contributed by atoms with van der Waals surface area (Å²) in [5, 5.41) is 0. The van der Waals surface area contributed by atoms with Crippen LogP contribution in [0.1, 0.15) is 5.56 Å². The van der Waals surface area contributed by atoms with Crippen LogP contribution in [0.25, 0.3) is 11.2 Å². The van der Waals surface area contributed by atoms with Crippen molar-refractivity contribution in [3.8, 4) is 0 Å². The van der Waals surface area contributed by atoms with Crippen molar-refractivity contribution < 1.29 is 8.42 Å². The lowest BCUT2D eigenvalue weighted by Crippen LogP contribution is -2.20. The Hall–Kier alpha value is -3.01. The van der Waals surface area contributed by atoms with Gasteiger partial charge in [0.05, 0.1) is 11.2 Å².